The molecular formula is C29H15F3O3S2. The highest BCUT2D eigenvalue weighted by Crippen LogP contribution is 2.44. The van der Waals surface area contributed by atoms with Crippen molar-refractivity contribution in [2.75, 3.05) is 0 Å². The van der Waals surface area contributed by atoms with Gasteiger partial charge in [-0.25, -0.2) is 0 Å². The number of hydrogen-bond acceptors (Lipinski definition) is 4. The number of halogens is 3. The molecule has 0 aliphatic carbocycles. The van der Waals surface area contributed by atoms with Crippen LogP contribution in [0.4, 0.5) is 13.2 Å². The Bertz CT molecular complexity index is 2180. The summed E-state index contributed by atoms with van der Waals surface area (Å²) in [5, 5.41) is 9.77. The average Bonchev–Trinajstić information content (AvgIpc) is 3.25. The zero-order valence-corrected chi connectivity index (χ0v) is 20.5. The first-order valence-corrected chi connectivity index (χ1v) is 13.6. The van der Waals surface area contributed by atoms with E-state index in [0.29, 0.717) is 5.39 Å². The molecule has 8 heteroatoms. The van der Waals surface area contributed by atoms with Crippen LogP contribution in [-0.4, -0.2) is 13.9 Å². The third kappa shape index (κ3) is 3.29. The van der Waals surface area contributed by atoms with Gasteiger partial charge in [0.15, 0.2) is 0 Å². The molecule has 0 fully saturated rings. The zero-order chi connectivity index (χ0) is 25.5. The molecule has 0 spiro atoms. The quantitative estimate of drug-likeness (QED) is 0.127. The Morgan fingerprint density at radius 1 is 0.595 bits per heavy atom. The van der Waals surface area contributed by atoms with Gasteiger partial charge < -0.3 is 4.18 Å². The maximum absolute atomic E-state index is 12.9. The van der Waals surface area contributed by atoms with Gasteiger partial charge in [-0.2, -0.15) is 21.6 Å². The third-order valence-electron chi connectivity index (χ3n) is 6.78. The number of thiophene rings is 1. The van der Waals surface area contributed by atoms with E-state index < -0.39 is 15.6 Å². The summed E-state index contributed by atoms with van der Waals surface area (Å²) in [6, 6.07) is 28.7. The van der Waals surface area contributed by atoms with Crippen molar-refractivity contribution in [1.82, 2.24) is 0 Å². The molecule has 0 bridgehead atoms. The molecule has 6 aromatic carbocycles. The van der Waals surface area contributed by atoms with Crippen LogP contribution in [0.25, 0.3) is 63.3 Å². The van der Waals surface area contributed by atoms with E-state index in [2.05, 4.69) is 40.6 Å². The lowest BCUT2D eigenvalue weighted by Crippen LogP contribution is -2.28. The molecule has 37 heavy (non-hydrogen) atoms. The maximum atomic E-state index is 12.9. The fourth-order valence-corrected chi connectivity index (χ4v) is 6.79. The molecule has 0 atom stereocenters. The first-order chi connectivity index (χ1) is 17.7. The lowest BCUT2D eigenvalue weighted by Gasteiger charge is -2.13. The van der Waals surface area contributed by atoms with E-state index >= 15 is 0 Å². The second kappa shape index (κ2) is 7.57. The standard InChI is InChI=1S/C29H15F3O3S2/c30-29(31,32)37(33,34)35-17-10-11-21-22(13-17)19-7-3-4-8-20(19)23-14-25-27(15-24(21)23)36-26-12-9-16-5-1-2-6-18(16)28(25)26/h1-15H. The van der Waals surface area contributed by atoms with E-state index in [0.717, 1.165) is 37.0 Å². The molecule has 0 aliphatic heterocycles. The molecular weight excluding hydrogens is 517 g/mol. The summed E-state index contributed by atoms with van der Waals surface area (Å²) < 4.78 is 68.7. The van der Waals surface area contributed by atoms with Gasteiger partial charge in [-0.1, -0.05) is 54.6 Å². The smallest absolute Gasteiger partial charge is 0.376 e. The van der Waals surface area contributed by atoms with Crippen molar-refractivity contribution < 1.29 is 25.8 Å². The molecule has 0 N–H and O–H groups in total. The van der Waals surface area contributed by atoms with E-state index in [1.165, 1.54) is 33.0 Å². The van der Waals surface area contributed by atoms with Crippen LogP contribution in [0.1, 0.15) is 0 Å². The van der Waals surface area contributed by atoms with Gasteiger partial charge in [-0.3, -0.25) is 0 Å². The number of hydrogen-bond donors (Lipinski definition) is 0. The molecule has 0 radical (unpaired) electrons. The van der Waals surface area contributed by atoms with Crippen molar-refractivity contribution in [3.05, 3.63) is 91.0 Å². The predicted octanol–water partition coefficient (Wildman–Crippen LogP) is 8.90. The van der Waals surface area contributed by atoms with Crippen LogP contribution in [0, 0.1) is 0 Å². The summed E-state index contributed by atoms with van der Waals surface area (Å²) in [7, 11) is -5.78. The topological polar surface area (TPSA) is 43.4 Å². The minimum atomic E-state index is -5.78. The Morgan fingerprint density at radius 2 is 1.22 bits per heavy atom. The fourth-order valence-electron chi connectivity index (χ4n) is 5.20. The van der Waals surface area contributed by atoms with Gasteiger partial charge in [0.1, 0.15) is 5.75 Å². The Morgan fingerprint density at radius 3 is 1.95 bits per heavy atom. The summed E-state index contributed by atoms with van der Waals surface area (Å²) in [5.74, 6) is -0.385. The lowest BCUT2D eigenvalue weighted by molar-refractivity contribution is -0.0500. The van der Waals surface area contributed by atoms with Crippen LogP contribution in [0.5, 0.6) is 5.75 Å². The van der Waals surface area contributed by atoms with Gasteiger partial charge in [0.05, 0.1) is 0 Å². The van der Waals surface area contributed by atoms with Crippen LogP contribution >= 0.6 is 11.3 Å². The Hall–Kier alpha value is -3.88. The van der Waals surface area contributed by atoms with Crippen LogP contribution in [0.2, 0.25) is 0 Å². The lowest BCUT2D eigenvalue weighted by atomic mass is 9.93. The van der Waals surface area contributed by atoms with Gasteiger partial charge in [-0.15, -0.1) is 11.3 Å². The van der Waals surface area contributed by atoms with Crippen molar-refractivity contribution in [2.24, 2.45) is 0 Å². The molecule has 0 unspecified atom stereocenters. The minimum absolute atomic E-state index is 0.385. The number of fused-ring (bicyclic) bond motifs is 11. The molecule has 0 aliphatic rings. The van der Waals surface area contributed by atoms with E-state index in [1.807, 2.05) is 36.4 Å². The van der Waals surface area contributed by atoms with E-state index in [4.69, 9.17) is 0 Å². The first-order valence-electron chi connectivity index (χ1n) is 11.3. The Balaban J connectivity index is 1.58. The van der Waals surface area contributed by atoms with Gasteiger partial charge in [-0.05, 0) is 79.5 Å². The Kier molecular flexibility index (Phi) is 4.57. The molecule has 1 aromatic heterocycles. The van der Waals surface area contributed by atoms with Gasteiger partial charge in [0, 0.05) is 20.2 Å². The first kappa shape index (κ1) is 22.3. The van der Waals surface area contributed by atoms with Crippen molar-refractivity contribution >= 4 is 84.7 Å². The van der Waals surface area contributed by atoms with Crippen LogP contribution in [0.3, 0.4) is 0 Å². The van der Waals surface area contributed by atoms with Crippen molar-refractivity contribution in [1.29, 1.82) is 0 Å². The van der Waals surface area contributed by atoms with E-state index in [9.17, 15) is 21.6 Å². The largest absolute Gasteiger partial charge is 0.534 e. The highest BCUT2D eigenvalue weighted by Gasteiger charge is 2.48. The summed E-state index contributed by atoms with van der Waals surface area (Å²) in [5.41, 5.74) is -5.51. The van der Waals surface area contributed by atoms with Crippen LogP contribution < -0.4 is 4.18 Å². The molecule has 1 heterocycles. The number of alkyl halides is 3. The SMILES string of the molecule is O=S(=O)(Oc1ccc2c(c1)c1ccccc1c1cc3c(cc21)sc1ccc2ccccc2c13)C(F)(F)F. The summed E-state index contributed by atoms with van der Waals surface area (Å²) >= 11 is 1.69. The number of benzene rings is 6. The number of rotatable bonds is 2. The van der Waals surface area contributed by atoms with Crippen molar-refractivity contribution in [3.8, 4) is 5.75 Å². The molecule has 3 nitrogen and oxygen atoms in total. The normalized spacial score (nSPS) is 12.9. The third-order valence-corrected chi connectivity index (χ3v) is 8.87. The van der Waals surface area contributed by atoms with E-state index in [-0.39, 0.29) is 5.75 Å². The average molecular weight is 533 g/mol. The van der Waals surface area contributed by atoms with Crippen molar-refractivity contribution in [3.63, 3.8) is 0 Å². The molecule has 0 saturated heterocycles. The second-order valence-electron chi connectivity index (χ2n) is 8.89. The molecule has 7 aromatic rings. The van der Waals surface area contributed by atoms with Crippen LogP contribution in [0.15, 0.2) is 91.0 Å². The maximum Gasteiger partial charge on any atom is 0.534 e. The second-order valence-corrected chi connectivity index (χ2v) is 11.5. The van der Waals surface area contributed by atoms with Gasteiger partial charge >= 0.3 is 15.6 Å². The zero-order valence-electron chi connectivity index (χ0n) is 18.8. The highest BCUT2D eigenvalue weighted by atomic mass is 32.2. The fraction of sp³-hybridized carbons (Fsp3) is 0.0345. The minimum Gasteiger partial charge on any atom is -0.376 e. The highest BCUT2D eigenvalue weighted by molar-refractivity contribution is 7.88. The molecule has 182 valence electrons. The summed E-state index contributed by atoms with van der Waals surface area (Å²) in [6.07, 6.45) is 0. The predicted molar refractivity (Wildman–Crippen MR) is 145 cm³/mol. The summed E-state index contributed by atoms with van der Waals surface area (Å²) in [4.78, 5) is 0. The molecule has 0 amide bonds. The molecule has 0 saturated carbocycles. The van der Waals surface area contributed by atoms with Crippen molar-refractivity contribution in [2.45, 2.75) is 5.51 Å². The van der Waals surface area contributed by atoms with Crippen LogP contribution in [-0.2, 0) is 10.1 Å². The Labute approximate surface area is 212 Å². The van der Waals surface area contributed by atoms with Gasteiger partial charge in [0.2, 0.25) is 0 Å². The summed E-state index contributed by atoms with van der Waals surface area (Å²) in [6.45, 7) is 0. The van der Waals surface area contributed by atoms with E-state index in [1.54, 1.807) is 17.4 Å². The monoisotopic (exact) mass is 532 g/mol. The molecule has 7 rings (SSSR count). The van der Waals surface area contributed by atoms with Gasteiger partial charge in [0.25, 0.3) is 0 Å².